The predicted octanol–water partition coefficient (Wildman–Crippen LogP) is 7.21. The Bertz CT molecular complexity index is 1670. The Hall–Kier alpha value is -4.91. The van der Waals surface area contributed by atoms with Crippen molar-refractivity contribution in [3.63, 3.8) is 0 Å². The van der Waals surface area contributed by atoms with Crippen LogP contribution in [-0.2, 0) is 4.79 Å². The van der Waals surface area contributed by atoms with Crippen LogP contribution in [0.15, 0.2) is 95.6 Å². The van der Waals surface area contributed by atoms with Crippen LogP contribution in [0.2, 0.25) is 0 Å². The third-order valence-corrected chi connectivity index (χ3v) is 6.05. The van der Waals surface area contributed by atoms with Crippen LogP contribution in [0.25, 0.3) is 38.4 Å². The van der Waals surface area contributed by atoms with Crippen LogP contribution in [0.1, 0.15) is 12.5 Å². The summed E-state index contributed by atoms with van der Waals surface area (Å²) in [5.74, 6) is 0.163. The van der Waals surface area contributed by atoms with Crippen LogP contribution in [0.4, 0.5) is 11.4 Å². The monoisotopic (exact) mass is 478 g/mol. The van der Waals surface area contributed by atoms with E-state index in [0.717, 1.165) is 32.8 Å². The summed E-state index contributed by atoms with van der Waals surface area (Å²) < 4.78 is 11.4. The summed E-state index contributed by atoms with van der Waals surface area (Å²) in [6.45, 7) is 1.81. The number of fused-ring (bicyclic) bond motifs is 2. The molecule has 1 heterocycles. The highest BCUT2D eigenvalue weighted by Gasteiger charge is 2.16. The highest BCUT2D eigenvalue weighted by atomic mass is 16.6. The van der Waals surface area contributed by atoms with Crippen molar-refractivity contribution < 1.29 is 18.9 Å². The van der Waals surface area contributed by atoms with Gasteiger partial charge in [-0.15, -0.1) is 0 Å². The summed E-state index contributed by atoms with van der Waals surface area (Å²) in [4.78, 5) is 23.2. The molecule has 36 heavy (non-hydrogen) atoms. The van der Waals surface area contributed by atoms with Gasteiger partial charge >= 0.3 is 0 Å². The van der Waals surface area contributed by atoms with Crippen molar-refractivity contribution in [2.24, 2.45) is 0 Å². The molecule has 0 radical (unpaired) electrons. The minimum Gasteiger partial charge on any atom is -0.496 e. The van der Waals surface area contributed by atoms with Gasteiger partial charge in [-0.3, -0.25) is 14.9 Å². The molecule has 0 spiro atoms. The van der Waals surface area contributed by atoms with Crippen molar-refractivity contribution in [3.05, 3.63) is 107 Å². The molecule has 0 atom stereocenters. The van der Waals surface area contributed by atoms with Gasteiger partial charge in [0.2, 0.25) is 5.91 Å². The molecule has 0 aliphatic heterocycles. The standard InChI is InChI=1S/C29H22N2O5/c1-18(12-29(32)30-22-8-5-9-23(14-22)31(33)34)24-15-25-26(17-36-28(25)16-27(24)35-2)21-11-10-19-6-3-4-7-20(19)13-21/h3-17H,1-2H3,(H,30,32)/b18-12+. The number of furan rings is 1. The normalized spacial score (nSPS) is 11.6. The lowest BCUT2D eigenvalue weighted by atomic mass is 9.97. The molecular weight excluding hydrogens is 456 g/mol. The van der Waals surface area contributed by atoms with Crippen molar-refractivity contribution in [2.45, 2.75) is 6.92 Å². The average molecular weight is 479 g/mol. The number of nitrogens with zero attached hydrogens (tertiary/aromatic N) is 1. The van der Waals surface area contributed by atoms with E-state index in [1.54, 1.807) is 19.4 Å². The van der Waals surface area contributed by atoms with E-state index < -0.39 is 10.8 Å². The number of carbonyl (C=O) groups is 1. The number of anilines is 1. The SMILES string of the molecule is COc1cc2occ(-c3ccc4ccccc4c3)c2cc1/C(C)=C/C(=O)Nc1cccc([N+](=O)[O-])c1. The second-order valence-electron chi connectivity index (χ2n) is 8.38. The second kappa shape index (κ2) is 9.38. The number of allylic oxidation sites excluding steroid dienone is 1. The summed E-state index contributed by atoms with van der Waals surface area (Å²) in [6.07, 6.45) is 3.17. The minimum atomic E-state index is -0.505. The molecule has 1 amide bonds. The number of nitro groups is 1. The second-order valence-corrected chi connectivity index (χ2v) is 8.38. The minimum absolute atomic E-state index is 0.0956. The number of non-ortho nitro benzene ring substituents is 1. The van der Waals surface area contributed by atoms with Crippen molar-refractivity contribution in [1.29, 1.82) is 0 Å². The first kappa shape index (κ1) is 22.9. The Kier molecular flexibility index (Phi) is 5.96. The molecule has 5 aromatic rings. The number of carbonyl (C=O) groups excluding carboxylic acids is 1. The lowest BCUT2D eigenvalue weighted by Gasteiger charge is -2.10. The highest BCUT2D eigenvalue weighted by Crippen LogP contribution is 2.38. The molecule has 1 N–H and O–H groups in total. The van der Waals surface area contributed by atoms with Crippen LogP contribution in [0, 0.1) is 10.1 Å². The van der Waals surface area contributed by atoms with Gasteiger partial charge in [-0.25, -0.2) is 0 Å². The average Bonchev–Trinajstić information content (AvgIpc) is 3.30. The van der Waals surface area contributed by atoms with Crippen molar-refractivity contribution >= 4 is 44.6 Å². The molecule has 0 aliphatic carbocycles. The van der Waals surface area contributed by atoms with E-state index in [9.17, 15) is 14.9 Å². The lowest BCUT2D eigenvalue weighted by molar-refractivity contribution is -0.384. The molecule has 1 aromatic heterocycles. The van der Waals surface area contributed by atoms with Gasteiger partial charge in [0.25, 0.3) is 5.69 Å². The zero-order valence-corrected chi connectivity index (χ0v) is 19.6. The maximum Gasteiger partial charge on any atom is 0.271 e. The van der Waals surface area contributed by atoms with Crippen LogP contribution >= 0.6 is 0 Å². The van der Waals surface area contributed by atoms with E-state index in [1.807, 2.05) is 31.2 Å². The molecule has 0 saturated carbocycles. The zero-order chi connectivity index (χ0) is 25.2. The van der Waals surface area contributed by atoms with Crippen molar-refractivity contribution in [2.75, 3.05) is 12.4 Å². The summed E-state index contributed by atoms with van der Waals surface area (Å²) in [5.41, 5.74) is 4.29. The molecule has 4 aromatic carbocycles. The first-order chi connectivity index (χ1) is 17.4. The van der Waals surface area contributed by atoms with Crippen LogP contribution in [0.5, 0.6) is 5.75 Å². The summed E-state index contributed by atoms with van der Waals surface area (Å²) in [6, 6.07) is 24.0. The van der Waals surface area contributed by atoms with Crippen LogP contribution < -0.4 is 10.1 Å². The first-order valence-corrected chi connectivity index (χ1v) is 11.3. The third-order valence-electron chi connectivity index (χ3n) is 6.05. The van der Waals surface area contributed by atoms with E-state index in [0.29, 0.717) is 22.6 Å². The van der Waals surface area contributed by atoms with E-state index in [4.69, 9.17) is 9.15 Å². The zero-order valence-electron chi connectivity index (χ0n) is 19.6. The van der Waals surface area contributed by atoms with E-state index in [2.05, 4.69) is 35.6 Å². The molecular formula is C29H22N2O5. The maximum absolute atomic E-state index is 12.7. The largest absolute Gasteiger partial charge is 0.496 e. The van der Waals surface area contributed by atoms with Gasteiger partial charge in [0.1, 0.15) is 11.3 Å². The molecule has 7 heteroatoms. The van der Waals surface area contributed by atoms with Gasteiger partial charge in [0.05, 0.1) is 18.3 Å². The van der Waals surface area contributed by atoms with Gasteiger partial charge < -0.3 is 14.5 Å². The Morgan fingerprint density at radius 2 is 1.81 bits per heavy atom. The van der Waals surface area contributed by atoms with Gasteiger partial charge in [-0.1, -0.05) is 42.5 Å². The predicted molar refractivity (Wildman–Crippen MR) is 141 cm³/mol. The Balaban J connectivity index is 1.51. The Labute approximate surface area is 206 Å². The number of nitro benzene ring substituents is 1. The highest BCUT2D eigenvalue weighted by molar-refractivity contribution is 6.05. The fourth-order valence-electron chi connectivity index (χ4n) is 4.26. The molecule has 0 fully saturated rings. The lowest BCUT2D eigenvalue weighted by Crippen LogP contribution is -2.09. The van der Waals surface area contributed by atoms with Gasteiger partial charge in [0.15, 0.2) is 0 Å². The summed E-state index contributed by atoms with van der Waals surface area (Å²) in [5, 5.41) is 16.9. The number of ether oxygens (including phenoxy) is 1. The molecule has 0 saturated heterocycles. The molecule has 0 bridgehead atoms. The molecule has 7 nitrogen and oxygen atoms in total. The number of benzene rings is 4. The quantitative estimate of drug-likeness (QED) is 0.158. The number of hydrogen-bond donors (Lipinski definition) is 1. The summed E-state index contributed by atoms with van der Waals surface area (Å²) >= 11 is 0. The number of hydrogen-bond acceptors (Lipinski definition) is 5. The summed E-state index contributed by atoms with van der Waals surface area (Å²) in [7, 11) is 1.56. The Morgan fingerprint density at radius 1 is 1.00 bits per heavy atom. The van der Waals surface area contributed by atoms with E-state index >= 15 is 0 Å². The van der Waals surface area contributed by atoms with Crippen molar-refractivity contribution in [1.82, 2.24) is 0 Å². The Morgan fingerprint density at radius 3 is 2.58 bits per heavy atom. The number of rotatable bonds is 6. The number of amides is 1. The van der Waals surface area contributed by atoms with Gasteiger partial charge in [0, 0.05) is 46.5 Å². The number of nitrogens with one attached hydrogen (secondary N) is 1. The third kappa shape index (κ3) is 4.42. The molecule has 0 aliphatic rings. The molecule has 5 rings (SSSR count). The van der Waals surface area contributed by atoms with Crippen molar-refractivity contribution in [3.8, 4) is 16.9 Å². The van der Waals surface area contributed by atoms with Gasteiger partial charge in [-0.2, -0.15) is 0 Å². The maximum atomic E-state index is 12.7. The van der Waals surface area contributed by atoms with Gasteiger partial charge in [-0.05, 0) is 47.0 Å². The fraction of sp³-hybridized carbons (Fsp3) is 0.0690. The first-order valence-electron chi connectivity index (χ1n) is 11.3. The molecule has 178 valence electrons. The van der Waals surface area contributed by atoms with Crippen LogP contribution in [-0.4, -0.2) is 17.9 Å². The topological polar surface area (TPSA) is 94.6 Å². The molecule has 0 unspecified atom stereocenters. The number of methoxy groups -OCH3 is 1. The van der Waals surface area contributed by atoms with Crippen LogP contribution in [0.3, 0.4) is 0 Å². The smallest absolute Gasteiger partial charge is 0.271 e. The van der Waals surface area contributed by atoms with E-state index in [1.165, 1.54) is 24.3 Å². The fourth-order valence-corrected chi connectivity index (χ4v) is 4.26. The van der Waals surface area contributed by atoms with E-state index in [-0.39, 0.29) is 5.69 Å².